The van der Waals surface area contributed by atoms with E-state index in [-0.39, 0.29) is 5.97 Å². The summed E-state index contributed by atoms with van der Waals surface area (Å²) in [4.78, 5) is 26.4. The first-order chi connectivity index (χ1) is 10.5. The van der Waals surface area contributed by atoms with Gasteiger partial charge in [0.25, 0.3) is 0 Å². The van der Waals surface area contributed by atoms with E-state index in [1.54, 1.807) is 24.3 Å². The molecule has 0 unspecified atom stereocenters. The fourth-order valence-electron chi connectivity index (χ4n) is 2.72. The summed E-state index contributed by atoms with van der Waals surface area (Å²) < 4.78 is 10.5. The van der Waals surface area contributed by atoms with Gasteiger partial charge in [-0.05, 0) is 32.4 Å². The summed E-state index contributed by atoms with van der Waals surface area (Å²) in [6.07, 6.45) is 0.200. The molecule has 1 fully saturated rings. The van der Waals surface area contributed by atoms with Crippen LogP contribution in [0, 0.1) is 5.92 Å². The number of esters is 2. The maximum Gasteiger partial charge on any atom is 0.338 e. The van der Waals surface area contributed by atoms with Crippen LogP contribution in [0.3, 0.4) is 0 Å². The van der Waals surface area contributed by atoms with Gasteiger partial charge in [-0.2, -0.15) is 0 Å². The van der Waals surface area contributed by atoms with Gasteiger partial charge in [0.05, 0.1) is 12.7 Å². The van der Waals surface area contributed by atoms with Gasteiger partial charge < -0.3 is 9.47 Å². The van der Waals surface area contributed by atoms with Gasteiger partial charge in [-0.1, -0.05) is 18.2 Å². The Hall–Kier alpha value is -1.88. The second-order valence-electron chi connectivity index (χ2n) is 5.82. The Morgan fingerprint density at radius 3 is 2.50 bits per heavy atom. The first kappa shape index (κ1) is 16.5. The molecular formula is C17H23NO4. The zero-order chi connectivity index (χ0) is 16.1. The molecule has 2 atom stereocenters. The van der Waals surface area contributed by atoms with Gasteiger partial charge in [0.2, 0.25) is 0 Å². The molecule has 0 amide bonds. The number of carbonyl (C=O) groups excluding carboxylic acids is 2. The lowest BCUT2D eigenvalue weighted by Gasteiger charge is -2.38. The third-order valence-corrected chi connectivity index (χ3v) is 4.08. The van der Waals surface area contributed by atoms with Crippen molar-refractivity contribution in [3.8, 4) is 0 Å². The third-order valence-electron chi connectivity index (χ3n) is 4.08. The van der Waals surface area contributed by atoms with E-state index in [1.807, 2.05) is 6.07 Å². The number of piperidine rings is 1. The quantitative estimate of drug-likeness (QED) is 0.798. The molecule has 0 N–H and O–H groups in total. The van der Waals surface area contributed by atoms with Crippen molar-refractivity contribution in [1.82, 2.24) is 4.90 Å². The summed E-state index contributed by atoms with van der Waals surface area (Å²) in [5.41, 5.74) is 0.498. The summed E-state index contributed by atoms with van der Waals surface area (Å²) in [5.74, 6) is -1.15. The Kier molecular flexibility index (Phi) is 5.55. The fourth-order valence-corrected chi connectivity index (χ4v) is 2.72. The summed E-state index contributed by atoms with van der Waals surface area (Å²) in [6.45, 7) is 5.53. The number of likely N-dealkylation sites (tertiary alicyclic amines) is 1. The van der Waals surface area contributed by atoms with E-state index in [4.69, 9.17) is 9.47 Å². The van der Waals surface area contributed by atoms with Crippen LogP contribution in [0.15, 0.2) is 30.3 Å². The van der Waals surface area contributed by atoms with Crippen LogP contribution < -0.4 is 0 Å². The van der Waals surface area contributed by atoms with Gasteiger partial charge in [-0.3, -0.25) is 9.69 Å². The summed E-state index contributed by atoms with van der Waals surface area (Å²) in [7, 11) is 1.37. The highest BCUT2D eigenvalue weighted by atomic mass is 16.6. The van der Waals surface area contributed by atoms with Gasteiger partial charge >= 0.3 is 11.9 Å². The van der Waals surface area contributed by atoms with Crippen LogP contribution in [0.4, 0.5) is 0 Å². The number of ether oxygens (including phenoxy) is 2. The molecule has 1 heterocycles. The van der Waals surface area contributed by atoms with Crippen LogP contribution in [0.2, 0.25) is 0 Å². The van der Waals surface area contributed by atoms with E-state index in [1.165, 1.54) is 7.11 Å². The molecule has 0 saturated carbocycles. The highest BCUT2D eigenvalue weighted by Crippen LogP contribution is 2.24. The number of methoxy groups -OCH3 is 1. The predicted molar refractivity (Wildman–Crippen MR) is 82.5 cm³/mol. The lowest BCUT2D eigenvalue weighted by molar-refractivity contribution is -0.153. The van der Waals surface area contributed by atoms with E-state index in [2.05, 4.69) is 18.7 Å². The van der Waals surface area contributed by atoms with E-state index >= 15 is 0 Å². The second kappa shape index (κ2) is 7.40. The van der Waals surface area contributed by atoms with Crippen molar-refractivity contribution in [2.75, 3.05) is 20.2 Å². The highest BCUT2D eigenvalue weighted by molar-refractivity contribution is 5.89. The summed E-state index contributed by atoms with van der Waals surface area (Å²) in [5, 5.41) is 0. The van der Waals surface area contributed by atoms with E-state index < -0.39 is 18.0 Å². The van der Waals surface area contributed by atoms with Crippen molar-refractivity contribution in [1.29, 1.82) is 0 Å². The molecule has 5 heteroatoms. The van der Waals surface area contributed by atoms with Crippen molar-refractivity contribution in [3.05, 3.63) is 35.9 Å². The fraction of sp³-hybridized carbons (Fsp3) is 0.529. The topological polar surface area (TPSA) is 55.8 Å². The lowest BCUT2D eigenvalue weighted by atomic mass is 9.93. The SMILES string of the molecule is COC(=O)[C@H]1CN(C(C)C)CC[C@@H]1OC(=O)c1ccccc1. The molecule has 1 aromatic rings. The van der Waals surface area contributed by atoms with Crippen LogP contribution in [-0.2, 0) is 14.3 Å². The molecule has 0 bridgehead atoms. The molecule has 0 radical (unpaired) electrons. The third kappa shape index (κ3) is 3.85. The Balaban J connectivity index is 2.08. The first-order valence-electron chi connectivity index (χ1n) is 7.60. The monoisotopic (exact) mass is 305 g/mol. The summed E-state index contributed by atoms with van der Waals surface area (Å²) >= 11 is 0. The molecule has 5 nitrogen and oxygen atoms in total. The lowest BCUT2D eigenvalue weighted by Crippen LogP contribution is -2.50. The van der Waals surface area contributed by atoms with Crippen molar-refractivity contribution >= 4 is 11.9 Å². The molecule has 1 aliphatic heterocycles. The number of nitrogens with zero attached hydrogens (tertiary/aromatic N) is 1. The zero-order valence-electron chi connectivity index (χ0n) is 13.3. The molecule has 120 valence electrons. The minimum atomic E-state index is -0.436. The maximum absolute atomic E-state index is 12.2. The average Bonchev–Trinajstić information content (AvgIpc) is 2.55. The van der Waals surface area contributed by atoms with Crippen LogP contribution in [0.25, 0.3) is 0 Å². The number of rotatable bonds is 4. The van der Waals surface area contributed by atoms with Gasteiger partial charge in [-0.15, -0.1) is 0 Å². The molecule has 2 rings (SSSR count). The van der Waals surface area contributed by atoms with Crippen molar-refractivity contribution in [2.24, 2.45) is 5.92 Å². The van der Waals surface area contributed by atoms with Gasteiger partial charge in [0, 0.05) is 19.1 Å². The Morgan fingerprint density at radius 1 is 1.23 bits per heavy atom. The second-order valence-corrected chi connectivity index (χ2v) is 5.82. The zero-order valence-corrected chi connectivity index (χ0v) is 13.3. The smallest absolute Gasteiger partial charge is 0.338 e. The molecule has 0 spiro atoms. The van der Waals surface area contributed by atoms with Crippen molar-refractivity contribution in [3.63, 3.8) is 0 Å². The number of benzene rings is 1. The molecule has 1 aromatic carbocycles. The Morgan fingerprint density at radius 2 is 1.91 bits per heavy atom. The molecule has 1 saturated heterocycles. The highest BCUT2D eigenvalue weighted by Gasteiger charge is 2.38. The largest absolute Gasteiger partial charge is 0.469 e. The maximum atomic E-state index is 12.2. The standard InChI is InChI=1S/C17H23NO4/c1-12(2)18-10-9-15(14(11-18)17(20)21-3)22-16(19)13-7-5-4-6-8-13/h4-8,12,14-15H,9-11H2,1-3H3/t14-,15-/m0/s1. The average molecular weight is 305 g/mol. The first-order valence-corrected chi connectivity index (χ1v) is 7.60. The normalized spacial score (nSPS) is 22.4. The van der Waals surface area contributed by atoms with Gasteiger partial charge in [0.1, 0.15) is 12.0 Å². The van der Waals surface area contributed by atoms with Crippen LogP contribution in [0.5, 0.6) is 0 Å². The number of hydrogen-bond donors (Lipinski definition) is 0. The van der Waals surface area contributed by atoms with E-state index in [9.17, 15) is 9.59 Å². The predicted octanol–water partition coefficient (Wildman–Crippen LogP) is 2.12. The Labute approximate surface area is 131 Å². The molecule has 0 aromatic heterocycles. The van der Waals surface area contributed by atoms with Crippen molar-refractivity contribution in [2.45, 2.75) is 32.4 Å². The minimum Gasteiger partial charge on any atom is -0.469 e. The van der Waals surface area contributed by atoms with E-state index in [0.717, 1.165) is 6.54 Å². The van der Waals surface area contributed by atoms with Crippen LogP contribution >= 0.6 is 0 Å². The van der Waals surface area contributed by atoms with Crippen LogP contribution in [0.1, 0.15) is 30.6 Å². The van der Waals surface area contributed by atoms with Crippen molar-refractivity contribution < 1.29 is 19.1 Å². The van der Waals surface area contributed by atoms with Crippen LogP contribution in [-0.4, -0.2) is 49.2 Å². The molecule has 0 aliphatic carbocycles. The Bertz CT molecular complexity index is 515. The number of carbonyl (C=O) groups is 2. The van der Waals surface area contributed by atoms with Gasteiger partial charge in [-0.25, -0.2) is 4.79 Å². The number of hydrogen-bond acceptors (Lipinski definition) is 5. The molecule has 1 aliphatic rings. The minimum absolute atomic E-state index is 0.323. The van der Waals surface area contributed by atoms with Gasteiger partial charge in [0.15, 0.2) is 0 Å². The molecule has 22 heavy (non-hydrogen) atoms. The van der Waals surface area contributed by atoms with E-state index in [0.29, 0.717) is 24.6 Å². The summed E-state index contributed by atoms with van der Waals surface area (Å²) in [6, 6.07) is 9.18. The molecular weight excluding hydrogens is 282 g/mol.